The topological polar surface area (TPSA) is 52.9 Å². The summed E-state index contributed by atoms with van der Waals surface area (Å²) >= 11 is 0. The highest BCUT2D eigenvalue weighted by Crippen LogP contribution is 2.12. The van der Waals surface area contributed by atoms with Crippen molar-refractivity contribution in [3.63, 3.8) is 0 Å². The number of benzene rings is 1. The molecule has 0 saturated carbocycles. The van der Waals surface area contributed by atoms with E-state index in [0.29, 0.717) is 5.56 Å². The Labute approximate surface area is 89.0 Å². The second-order valence-electron chi connectivity index (χ2n) is 3.17. The first-order valence-corrected chi connectivity index (χ1v) is 4.60. The van der Waals surface area contributed by atoms with E-state index in [1.165, 1.54) is 6.08 Å². The van der Waals surface area contributed by atoms with E-state index in [0.717, 1.165) is 5.56 Å². The molecule has 1 N–H and O–H groups in total. The van der Waals surface area contributed by atoms with Gasteiger partial charge >= 0.3 is 0 Å². The predicted octanol–water partition coefficient (Wildman–Crippen LogP) is 1.92. The third-order valence-electron chi connectivity index (χ3n) is 2.08. The second-order valence-corrected chi connectivity index (χ2v) is 3.17. The van der Waals surface area contributed by atoms with E-state index < -0.39 is 0 Å². The van der Waals surface area contributed by atoms with E-state index in [-0.39, 0.29) is 11.9 Å². The van der Waals surface area contributed by atoms with Crippen LogP contribution in [-0.4, -0.2) is 5.91 Å². The average Bonchev–Trinajstić information content (AvgIpc) is 2.29. The van der Waals surface area contributed by atoms with Crippen molar-refractivity contribution < 1.29 is 4.79 Å². The Bertz CT molecular complexity index is 401. The largest absolute Gasteiger partial charge is 0.346 e. The van der Waals surface area contributed by atoms with Gasteiger partial charge in [-0.05, 0) is 30.7 Å². The first-order valence-electron chi connectivity index (χ1n) is 4.60. The SMILES string of the molecule is C=CC(=O)NC(C)c1ccc(C#N)cc1. The number of nitrogens with zero attached hydrogens (tertiary/aromatic N) is 1. The van der Waals surface area contributed by atoms with Crippen LogP contribution in [0.25, 0.3) is 0 Å². The number of hydrogen-bond donors (Lipinski definition) is 1. The molecule has 0 radical (unpaired) electrons. The van der Waals surface area contributed by atoms with Gasteiger partial charge in [-0.1, -0.05) is 18.7 Å². The van der Waals surface area contributed by atoms with Gasteiger partial charge in [-0.2, -0.15) is 5.26 Å². The lowest BCUT2D eigenvalue weighted by Crippen LogP contribution is -2.24. The fourth-order valence-electron chi connectivity index (χ4n) is 1.20. The van der Waals surface area contributed by atoms with Crippen molar-refractivity contribution in [1.29, 1.82) is 5.26 Å². The molecule has 0 saturated heterocycles. The molecule has 1 rings (SSSR count). The van der Waals surface area contributed by atoms with Gasteiger partial charge in [-0.3, -0.25) is 4.79 Å². The molecule has 1 aromatic carbocycles. The molecule has 0 aliphatic carbocycles. The standard InChI is InChI=1S/C12H12N2O/c1-3-12(15)14-9(2)11-6-4-10(8-13)5-7-11/h3-7,9H,1H2,2H3,(H,14,15). The summed E-state index contributed by atoms with van der Waals surface area (Å²) in [5.74, 6) is -0.202. The minimum atomic E-state index is -0.202. The van der Waals surface area contributed by atoms with Crippen LogP contribution < -0.4 is 5.32 Å². The van der Waals surface area contributed by atoms with Crippen molar-refractivity contribution >= 4 is 5.91 Å². The van der Waals surface area contributed by atoms with E-state index in [9.17, 15) is 4.79 Å². The molecule has 3 heteroatoms. The van der Waals surface area contributed by atoms with Gasteiger partial charge in [0.1, 0.15) is 0 Å². The second kappa shape index (κ2) is 4.97. The maximum atomic E-state index is 11.0. The van der Waals surface area contributed by atoms with Crippen molar-refractivity contribution in [2.45, 2.75) is 13.0 Å². The quantitative estimate of drug-likeness (QED) is 0.758. The van der Waals surface area contributed by atoms with Crippen molar-refractivity contribution in [1.82, 2.24) is 5.32 Å². The number of hydrogen-bond acceptors (Lipinski definition) is 2. The number of nitriles is 1. The fraction of sp³-hybridized carbons (Fsp3) is 0.167. The highest BCUT2D eigenvalue weighted by molar-refractivity contribution is 5.87. The van der Waals surface area contributed by atoms with Crippen LogP contribution in [-0.2, 0) is 4.79 Å². The van der Waals surface area contributed by atoms with Gasteiger partial charge in [0.05, 0.1) is 17.7 Å². The Morgan fingerprint density at radius 2 is 2.13 bits per heavy atom. The Kier molecular flexibility index (Phi) is 3.64. The summed E-state index contributed by atoms with van der Waals surface area (Å²) in [6, 6.07) is 9.07. The Morgan fingerprint density at radius 1 is 1.53 bits per heavy atom. The zero-order chi connectivity index (χ0) is 11.3. The van der Waals surface area contributed by atoms with Crippen LogP contribution in [0, 0.1) is 11.3 Å². The summed E-state index contributed by atoms with van der Waals surface area (Å²) in [6.45, 7) is 5.26. The normalized spacial score (nSPS) is 11.2. The smallest absolute Gasteiger partial charge is 0.243 e. The Morgan fingerprint density at radius 3 is 2.60 bits per heavy atom. The molecule has 76 valence electrons. The molecule has 15 heavy (non-hydrogen) atoms. The maximum absolute atomic E-state index is 11.0. The molecular formula is C12H12N2O. The average molecular weight is 200 g/mol. The minimum Gasteiger partial charge on any atom is -0.346 e. The molecule has 0 aliphatic heterocycles. The molecule has 1 atom stereocenters. The molecule has 0 aliphatic rings. The summed E-state index contributed by atoms with van der Waals surface area (Å²) in [5.41, 5.74) is 1.57. The van der Waals surface area contributed by atoms with Gasteiger partial charge in [0.25, 0.3) is 0 Å². The van der Waals surface area contributed by atoms with Gasteiger partial charge in [-0.25, -0.2) is 0 Å². The zero-order valence-electron chi connectivity index (χ0n) is 8.53. The zero-order valence-corrected chi connectivity index (χ0v) is 8.53. The highest BCUT2D eigenvalue weighted by Gasteiger charge is 2.06. The summed E-state index contributed by atoms with van der Waals surface area (Å²) in [6.07, 6.45) is 1.24. The molecule has 0 fully saturated rings. The molecule has 0 aromatic heterocycles. The molecule has 1 amide bonds. The summed E-state index contributed by atoms with van der Waals surface area (Å²) < 4.78 is 0. The maximum Gasteiger partial charge on any atom is 0.243 e. The monoisotopic (exact) mass is 200 g/mol. The van der Waals surface area contributed by atoms with Crippen molar-refractivity contribution in [2.75, 3.05) is 0 Å². The van der Waals surface area contributed by atoms with Crippen molar-refractivity contribution in [3.05, 3.63) is 48.0 Å². The van der Waals surface area contributed by atoms with Crippen molar-refractivity contribution in [3.8, 4) is 6.07 Å². The number of rotatable bonds is 3. The van der Waals surface area contributed by atoms with Crippen LogP contribution in [0.15, 0.2) is 36.9 Å². The van der Waals surface area contributed by atoms with Gasteiger partial charge < -0.3 is 5.32 Å². The molecule has 1 aromatic rings. The summed E-state index contributed by atoms with van der Waals surface area (Å²) in [5, 5.41) is 11.4. The van der Waals surface area contributed by atoms with E-state index in [1.54, 1.807) is 12.1 Å². The van der Waals surface area contributed by atoms with Gasteiger partial charge in [0.15, 0.2) is 0 Å². The first kappa shape index (κ1) is 11.0. The molecule has 1 unspecified atom stereocenters. The number of nitrogens with one attached hydrogen (secondary N) is 1. The van der Waals surface area contributed by atoms with Gasteiger partial charge in [0.2, 0.25) is 5.91 Å². The van der Waals surface area contributed by atoms with Crippen LogP contribution >= 0.6 is 0 Å². The number of carbonyl (C=O) groups excluding carboxylic acids is 1. The minimum absolute atomic E-state index is 0.0803. The lowest BCUT2D eigenvalue weighted by molar-refractivity contribution is -0.117. The Hall–Kier alpha value is -2.08. The van der Waals surface area contributed by atoms with Crippen LogP contribution in [0.4, 0.5) is 0 Å². The number of carbonyl (C=O) groups is 1. The van der Waals surface area contributed by atoms with E-state index in [2.05, 4.69) is 11.9 Å². The first-order chi connectivity index (χ1) is 7.17. The van der Waals surface area contributed by atoms with E-state index in [4.69, 9.17) is 5.26 Å². The van der Waals surface area contributed by atoms with Crippen molar-refractivity contribution in [2.24, 2.45) is 0 Å². The number of amides is 1. The lowest BCUT2D eigenvalue weighted by Gasteiger charge is -2.12. The highest BCUT2D eigenvalue weighted by atomic mass is 16.1. The summed E-state index contributed by atoms with van der Waals surface area (Å²) in [4.78, 5) is 11.0. The van der Waals surface area contributed by atoms with Crippen LogP contribution in [0.5, 0.6) is 0 Å². The molecule has 0 heterocycles. The molecule has 3 nitrogen and oxygen atoms in total. The van der Waals surface area contributed by atoms with Crippen LogP contribution in [0.1, 0.15) is 24.1 Å². The van der Waals surface area contributed by atoms with Crippen LogP contribution in [0.2, 0.25) is 0 Å². The van der Waals surface area contributed by atoms with Gasteiger partial charge in [-0.15, -0.1) is 0 Å². The van der Waals surface area contributed by atoms with E-state index >= 15 is 0 Å². The van der Waals surface area contributed by atoms with E-state index in [1.807, 2.05) is 25.1 Å². The third kappa shape index (κ3) is 2.96. The van der Waals surface area contributed by atoms with Gasteiger partial charge in [0, 0.05) is 0 Å². The molecule has 0 spiro atoms. The molecular weight excluding hydrogens is 188 g/mol. The van der Waals surface area contributed by atoms with Crippen LogP contribution in [0.3, 0.4) is 0 Å². The molecule has 0 bridgehead atoms. The summed E-state index contributed by atoms with van der Waals surface area (Å²) in [7, 11) is 0. The predicted molar refractivity (Wildman–Crippen MR) is 57.9 cm³/mol. The third-order valence-corrected chi connectivity index (χ3v) is 2.08. The Balaban J connectivity index is 2.74. The lowest BCUT2D eigenvalue weighted by atomic mass is 10.1. The fourth-order valence-corrected chi connectivity index (χ4v) is 1.20.